The lowest BCUT2D eigenvalue weighted by molar-refractivity contribution is -0.117. The highest BCUT2D eigenvalue weighted by Gasteiger charge is 2.17. The van der Waals surface area contributed by atoms with Crippen LogP contribution in [0.2, 0.25) is 0 Å². The summed E-state index contributed by atoms with van der Waals surface area (Å²) in [5.74, 6) is 0.858. The summed E-state index contributed by atoms with van der Waals surface area (Å²) in [5, 5.41) is 2.83. The van der Waals surface area contributed by atoms with Crippen molar-refractivity contribution in [2.24, 2.45) is 0 Å². The number of rotatable bonds is 7. The molecular formula is C21H26N2O4. The summed E-state index contributed by atoms with van der Waals surface area (Å²) in [4.78, 5) is 26.2. The highest BCUT2D eigenvalue weighted by molar-refractivity contribution is 5.96. The number of benzene rings is 2. The Morgan fingerprint density at radius 3 is 2.44 bits per heavy atom. The second-order valence-corrected chi connectivity index (χ2v) is 6.25. The number of amides is 2. The highest BCUT2D eigenvalue weighted by Crippen LogP contribution is 2.29. The van der Waals surface area contributed by atoms with Gasteiger partial charge < -0.3 is 19.7 Å². The van der Waals surface area contributed by atoms with Crippen molar-refractivity contribution in [3.63, 3.8) is 0 Å². The first-order valence-corrected chi connectivity index (χ1v) is 8.73. The molecule has 0 saturated heterocycles. The van der Waals surface area contributed by atoms with Crippen molar-refractivity contribution in [1.82, 2.24) is 0 Å². The van der Waals surface area contributed by atoms with Gasteiger partial charge in [-0.25, -0.2) is 0 Å². The number of hydrogen-bond acceptors (Lipinski definition) is 4. The zero-order valence-electron chi connectivity index (χ0n) is 16.5. The summed E-state index contributed by atoms with van der Waals surface area (Å²) >= 11 is 0. The molecule has 0 aromatic heterocycles. The van der Waals surface area contributed by atoms with Crippen LogP contribution in [0.4, 0.5) is 11.4 Å². The molecule has 27 heavy (non-hydrogen) atoms. The topological polar surface area (TPSA) is 67.9 Å². The average molecular weight is 370 g/mol. The Hall–Kier alpha value is -3.02. The SMILES string of the molecule is COc1ccc(NC(=O)CCN(C(C)=O)c2cccc(C)c2C)c(OC)c1. The quantitative estimate of drug-likeness (QED) is 0.807. The third-order valence-electron chi connectivity index (χ3n) is 4.49. The molecule has 0 aliphatic carbocycles. The van der Waals surface area contributed by atoms with Crippen molar-refractivity contribution in [3.8, 4) is 11.5 Å². The summed E-state index contributed by atoms with van der Waals surface area (Å²) in [6.07, 6.45) is 0.169. The Morgan fingerprint density at radius 2 is 1.81 bits per heavy atom. The molecule has 6 heteroatoms. The minimum Gasteiger partial charge on any atom is -0.497 e. The van der Waals surface area contributed by atoms with E-state index in [9.17, 15) is 9.59 Å². The van der Waals surface area contributed by atoms with E-state index in [1.54, 1.807) is 30.2 Å². The van der Waals surface area contributed by atoms with Gasteiger partial charge in [-0.15, -0.1) is 0 Å². The lowest BCUT2D eigenvalue weighted by Crippen LogP contribution is -2.32. The molecule has 0 bridgehead atoms. The van der Waals surface area contributed by atoms with E-state index in [0.29, 0.717) is 23.7 Å². The van der Waals surface area contributed by atoms with E-state index >= 15 is 0 Å². The normalized spacial score (nSPS) is 10.3. The molecule has 0 radical (unpaired) electrons. The molecule has 2 aromatic rings. The smallest absolute Gasteiger partial charge is 0.226 e. The van der Waals surface area contributed by atoms with Gasteiger partial charge in [0.25, 0.3) is 0 Å². The van der Waals surface area contributed by atoms with E-state index in [2.05, 4.69) is 5.32 Å². The number of carbonyl (C=O) groups is 2. The maximum atomic E-state index is 12.4. The zero-order valence-corrected chi connectivity index (χ0v) is 16.5. The molecule has 0 heterocycles. The fourth-order valence-corrected chi connectivity index (χ4v) is 2.80. The highest BCUT2D eigenvalue weighted by atomic mass is 16.5. The number of ether oxygens (including phenoxy) is 2. The van der Waals surface area contributed by atoms with Gasteiger partial charge >= 0.3 is 0 Å². The van der Waals surface area contributed by atoms with E-state index in [4.69, 9.17) is 9.47 Å². The molecule has 6 nitrogen and oxygen atoms in total. The summed E-state index contributed by atoms with van der Waals surface area (Å²) in [5.41, 5.74) is 3.53. The third-order valence-corrected chi connectivity index (χ3v) is 4.49. The summed E-state index contributed by atoms with van der Waals surface area (Å²) < 4.78 is 10.4. The van der Waals surface area contributed by atoms with Crippen LogP contribution in [-0.4, -0.2) is 32.6 Å². The predicted octanol–water partition coefficient (Wildman–Crippen LogP) is 3.70. The molecule has 0 aliphatic rings. The zero-order chi connectivity index (χ0) is 20.0. The molecule has 0 saturated carbocycles. The number of aryl methyl sites for hydroxylation is 1. The van der Waals surface area contributed by atoms with Gasteiger partial charge in [0.2, 0.25) is 11.8 Å². The van der Waals surface area contributed by atoms with Crippen LogP contribution >= 0.6 is 0 Å². The Labute approximate surface area is 160 Å². The van der Waals surface area contributed by atoms with Gasteiger partial charge in [-0.2, -0.15) is 0 Å². The summed E-state index contributed by atoms with van der Waals surface area (Å²) in [7, 11) is 3.10. The molecule has 0 unspecified atom stereocenters. The fourth-order valence-electron chi connectivity index (χ4n) is 2.80. The molecule has 1 N–H and O–H groups in total. The Balaban J connectivity index is 2.09. The van der Waals surface area contributed by atoms with Crippen LogP contribution < -0.4 is 19.7 Å². The molecule has 2 aromatic carbocycles. The van der Waals surface area contributed by atoms with Gasteiger partial charge in [-0.3, -0.25) is 9.59 Å². The van der Waals surface area contributed by atoms with Crippen molar-refractivity contribution in [2.75, 3.05) is 31.0 Å². The second kappa shape index (κ2) is 9.07. The maximum absolute atomic E-state index is 12.4. The largest absolute Gasteiger partial charge is 0.497 e. The lowest BCUT2D eigenvalue weighted by Gasteiger charge is -2.24. The van der Waals surface area contributed by atoms with E-state index < -0.39 is 0 Å². The number of anilines is 2. The molecule has 0 aliphatic heterocycles. The van der Waals surface area contributed by atoms with Gasteiger partial charge in [-0.1, -0.05) is 12.1 Å². The molecule has 0 fully saturated rings. The van der Waals surface area contributed by atoms with Crippen LogP contribution in [0.15, 0.2) is 36.4 Å². The fraction of sp³-hybridized carbons (Fsp3) is 0.333. The van der Waals surface area contributed by atoms with E-state index in [1.165, 1.54) is 14.0 Å². The Bertz CT molecular complexity index is 833. The van der Waals surface area contributed by atoms with Gasteiger partial charge in [0.15, 0.2) is 0 Å². The van der Waals surface area contributed by atoms with Crippen LogP contribution in [0.25, 0.3) is 0 Å². The third kappa shape index (κ3) is 5.00. The van der Waals surface area contributed by atoms with Crippen LogP contribution in [-0.2, 0) is 9.59 Å². The minimum absolute atomic E-state index is 0.0986. The van der Waals surface area contributed by atoms with Crippen molar-refractivity contribution in [1.29, 1.82) is 0 Å². The molecule has 144 valence electrons. The average Bonchev–Trinajstić information content (AvgIpc) is 2.65. The van der Waals surface area contributed by atoms with Crippen molar-refractivity contribution >= 4 is 23.2 Å². The van der Waals surface area contributed by atoms with Crippen LogP contribution in [0.3, 0.4) is 0 Å². The van der Waals surface area contributed by atoms with Crippen LogP contribution in [0.1, 0.15) is 24.5 Å². The number of hydrogen-bond donors (Lipinski definition) is 1. The first-order chi connectivity index (χ1) is 12.9. The number of carbonyl (C=O) groups excluding carboxylic acids is 2. The van der Waals surface area contributed by atoms with E-state index in [1.807, 2.05) is 32.0 Å². The van der Waals surface area contributed by atoms with Crippen molar-refractivity contribution in [2.45, 2.75) is 27.2 Å². The number of nitrogens with zero attached hydrogens (tertiary/aromatic N) is 1. The minimum atomic E-state index is -0.199. The maximum Gasteiger partial charge on any atom is 0.226 e. The second-order valence-electron chi connectivity index (χ2n) is 6.25. The number of methoxy groups -OCH3 is 2. The lowest BCUT2D eigenvalue weighted by atomic mass is 10.1. The number of nitrogens with one attached hydrogen (secondary N) is 1. The Kier molecular flexibility index (Phi) is 6.82. The van der Waals surface area contributed by atoms with Crippen molar-refractivity contribution in [3.05, 3.63) is 47.5 Å². The van der Waals surface area contributed by atoms with Crippen LogP contribution in [0, 0.1) is 13.8 Å². The molecule has 2 amide bonds. The first kappa shape index (κ1) is 20.3. The van der Waals surface area contributed by atoms with Gasteiger partial charge in [0.05, 0.1) is 19.9 Å². The van der Waals surface area contributed by atoms with Gasteiger partial charge in [-0.05, 0) is 43.2 Å². The molecular weight excluding hydrogens is 344 g/mol. The van der Waals surface area contributed by atoms with Crippen molar-refractivity contribution < 1.29 is 19.1 Å². The molecule has 0 spiro atoms. The Morgan fingerprint density at radius 1 is 1.07 bits per heavy atom. The van der Waals surface area contributed by atoms with Gasteiger partial charge in [0, 0.05) is 31.6 Å². The summed E-state index contributed by atoms with van der Waals surface area (Å²) in [6.45, 7) is 5.78. The first-order valence-electron chi connectivity index (χ1n) is 8.73. The monoisotopic (exact) mass is 370 g/mol. The molecule has 2 rings (SSSR count). The van der Waals surface area contributed by atoms with E-state index in [0.717, 1.165) is 16.8 Å². The summed E-state index contributed by atoms with van der Waals surface area (Å²) in [6, 6.07) is 11.0. The van der Waals surface area contributed by atoms with Crippen LogP contribution in [0.5, 0.6) is 11.5 Å². The van der Waals surface area contributed by atoms with Gasteiger partial charge in [0.1, 0.15) is 11.5 Å². The van der Waals surface area contributed by atoms with E-state index in [-0.39, 0.29) is 18.2 Å². The predicted molar refractivity (Wildman–Crippen MR) is 107 cm³/mol. The molecule has 0 atom stereocenters. The standard InChI is InChI=1S/C21H26N2O4/c1-14-7-6-8-19(15(14)2)23(16(3)24)12-11-21(25)22-18-10-9-17(26-4)13-20(18)27-5/h6-10,13H,11-12H2,1-5H3,(H,22,25).